The highest BCUT2D eigenvalue weighted by molar-refractivity contribution is 5.93. The average molecular weight is 218 g/mol. The SMILES string of the molecule is CCC(=O)c1ccc(-c2ccc(F)cc2)o1. The Labute approximate surface area is 92.7 Å². The molecule has 0 saturated heterocycles. The van der Waals surface area contributed by atoms with Crippen LogP contribution in [0.4, 0.5) is 4.39 Å². The normalized spacial score (nSPS) is 10.4. The molecule has 0 bridgehead atoms. The van der Waals surface area contributed by atoms with Gasteiger partial charge in [-0.3, -0.25) is 4.79 Å². The first-order valence-corrected chi connectivity index (χ1v) is 5.09. The fourth-order valence-electron chi connectivity index (χ4n) is 1.43. The van der Waals surface area contributed by atoms with E-state index in [4.69, 9.17) is 4.42 Å². The van der Waals surface area contributed by atoms with Gasteiger partial charge in [0.25, 0.3) is 0 Å². The van der Waals surface area contributed by atoms with E-state index in [2.05, 4.69) is 0 Å². The van der Waals surface area contributed by atoms with Gasteiger partial charge in [0, 0.05) is 12.0 Å². The van der Waals surface area contributed by atoms with Crippen molar-refractivity contribution in [3.8, 4) is 11.3 Å². The van der Waals surface area contributed by atoms with Crippen molar-refractivity contribution in [2.24, 2.45) is 0 Å². The van der Waals surface area contributed by atoms with Crippen LogP contribution < -0.4 is 0 Å². The molecule has 0 N–H and O–H groups in total. The molecule has 0 saturated carbocycles. The Morgan fingerprint density at radius 2 is 1.88 bits per heavy atom. The van der Waals surface area contributed by atoms with Crippen molar-refractivity contribution in [3.05, 3.63) is 48.0 Å². The maximum Gasteiger partial charge on any atom is 0.197 e. The third-order valence-electron chi connectivity index (χ3n) is 2.33. The molecular weight excluding hydrogens is 207 g/mol. The van der Waals surface area contributed by atoms with Crippen molar-refractivity contribution >= 4 is 5.78 Å². The van der Waals surface area contributed by atoms with Gasteiger partial charge in [-0.25, -0.2) is 4.39 Å². The third-order valence-corrected chi connectivity index (χ3v) is 2.33. The molecule has 1 aromatic heterocycles. The number of halogens is 1. The number of ketones is 1. The van der Waals surface area contributed by atoms with Gasteiger partial charge < -0.3 is 4.42 Å². The van der Waals surface area contributed by atoms with Gasteiger partial charge in [-0.2, -0.15) is 0 Å². The number of benzene rings is 1. The van der Waals surface area contributed by atoms with Crippen LogP contribution in [0.25, 0.3) is 11.3 Å². The lowest BCUT2D eigenvalue weighted by Crippen LogP contribution is -1.92. The van der Waals surface area contributed by atoms with Gasteiger partial charge in [-0.05, 0) is 36.4 Å². The predicted molar refractivity (Wildman–Crippen MR) is 58.7 cm³/mol. The number of carbonyl (C=O) groups is 1. The summed E-state index contributed by atoms with van der Waals surface area (Å²) in [6.45, 7) is 1.78. The van der Waals surface area contributed by atoms with Crippen LogP contribution in [0.15, 0.2) is 40.8 Å². The Morgan fingerprint density at radius 1 is 1.19 bits per heavy atom. The highest BCUT2D eigenvalue weighted by Gasteiger charge is 2.09. The lowest BCUT2D eigenvalue weighted by Gasteiger charge is -1.96. The van der Waals surface area contributed by atoms with E-state index < -0.39 is 0 Å². The van der Waals surface area contributed by atoms with Crippen LogP contribution in [-0.4, -0.2) is 5.78 Å². The van der Waals surface area contributed by atoms with E-state index in [9.17, 15) is 9.18 Å². The van der Waals surface area contributed by atoms with E-state index in [1.54, 1.807) is 31.2 Å². The largest absolute Gasteiger partial charge is 0.453 e. The average Bonchev–Trinajstić information content (AvgIpc) is 2.78. The van der Waals surface area contributed by atoms with Crippen LogP contribution in [0.3, 0.4) is 0 Å². The fourth-order valence-corrected chi connectivity index (χ4v) is 1.43. The van der Waals surface area contributed by atoms with Gasteiger partial charge >= 0.3 is 0 Å². The Hall–Kier alpha value is -1.90. The van der Waals surface area contributed by atoms with Crippen LogP contribution in [-0.2, 0) is 0 Å². The Bertz CT molecular complexity index is 497. The summed E-state index contributed by atoms with van der Waals surface area (Å²) in [4.78, 5) is 11.4. The lowest BCUT2D eigenvalue weighted by atomic mass is 10.2. The number of Topliss-reactive ketones (excluding diaryl/α,β-unsaturated/α-hetero) is 1. The summed E-state index contributed by atoms with van der Waals surface area (Å²) in [5.74, 6) is 0.604. The molecule has 0 aliphatic carbocycles. The van der Waals surface area contributed by atoms with Gasteiger partial charge in [-0.15, -0.1) is 0 Å². The van der Waals surface area contributed by atoms with Crippen molar-refractivity contribution < 1.29 is 13.6 Å². The summed E-state index contributed by atoms with van der Waals surface area (Å²) in [6, 6.07) is 9.32. The number of carbonyl (C=O) groups excluding carboxylic acids is 1. The second kappa shape index (κ2) is 4.31. The second-order valence-electron chi connectivity index (χ2n) is 3.45. The minimum absolute atomic E-state index is 0.0339. The highest BCUT2D eigenvalue weighted by atomic mass is 19.1. The van der Waals surface area contributed by atoms with Gasteiger partial charge in [0.2, 0.25) is 0 Å². The zero-order chi connectivity index (χ0) is 11.5. The molecule has 2 aromatic rings. The summed E-state index contributed by atoms with van der Waals surface area (Å²) in [5, 5.41) is 0. The summed E-state index contributed by atoms with van der Waals surface area (Å²) in [5.41, 5.74) is 0.761. The number of hydrogen-bond donors (Lipinski definition) is 0. The summed E-state index contributed by atoms with van der Waals surface area (Å²) in [6.07, 6.45) is 0.413. The molecule has 0 unspecified atom stereocenters. The minimum atomic E-state index is -0.292. The molecule has 0 radical (unpaired) electrons. The molecule has 0 fully saturated rings. The van der Waals surface area contributed by atoms with Gasteiger partial charge in [-0.1, -0.05) is 6.92 Å². The smallest absolute Gasteiger partial charge is 0.197 e. The topological polar surface area (TPSA) is 30.2 Å². The van der Waals surface area contributed by atoms with Crippen LogP contribution in [0.1, 0.15) is 23.9 Å². The zero-order valence-electron chi connectivity index (χ0n) is 8.87. The fraction of sp³-hybridized carbons (Fsp3) is 0.154. The third kappa shape index (κ3) is 2.03. The van der Waals surface area contributed by atoms with Crippen LogP contribution in [0.2, 0.25) is 0 Å². The van der Waals surface area contributed by atoms with Crippen molar-refractivity contribution in [1.82, 2.24) is 0 Å². The van der Waals surface area contributed by atoms with Crippen molar-refractivity contribution in [1.29, 1.82) is 0 Å². The molecule has 0 atom stereocenters. The molecular formula is C13H11FO2. The quantitative estimate of drug-likeness (QED) is 0.735. The molecule has 1 aromatic carbocycles. The first-order valence-electron chi connectivity index (χ1n) is 5.09. The molecule has 0 spiro atoms. The molecule has 2 rings (SSSR count). The molecule has 0 aliphatic heterocycles. The molecule has 1 heterocycles. The molecule has 2 nitrogen and oxygen atoms in total. The number of furan rings is 1. The predicted octanol–water partition coefficient (Wildman–Crippen LogP) is 3.68. The maximum atomic E-state index is 12.7. The Kier molecular flexibility index (Phi) is 2.86. The van der Waals surface area contributed by atoms with E-state index in [-0.39, 0.29) is 11.6 Å². The van der Waals surface area contributed by atoms with Crippen molar-refractivity contribution in [3.63, 3.8) is 0 Å². The molecule has 3 heteroatoms. The van der Waals surface area contributed by atoms with Crippen molar-refractivity contribution in [2.45, 2.75) is 13.3 Å². The van der Waals surface area contributed by atoms with E-state index >= 15 is 0 Å². The first kappa shape index (κ1) is 10.6. The lowest BCUT2D eigenvalue weighted by molar-refractivity contribution is 0.0962. The van der Waals surface area contributed by atoms with E-state index in [0.29, 0.717) is 17.9 Å². The van der Waals surface area contributed by atoms with Crippen LogP contribution in [0, 0.1) is 5.82 Å². The summed E-state index contributed by atoms with van der Waals surface area (Å²) in [7, 11) is 0. The maximum absolute atomic E-state index is 12.7. The number of rotatable bonds is 3. The summed E-state index contributed by atoms with van der Waals surface area (Å²) >= 11 is 0. The van der Waals surface area contributed by atoms with Crippen LogP contribution >= 0.6 is 0 Å². The van der Waals surface area contributed by atoms with Gasteiger partial charge in [0.05, 0.1) is 0 Å². The van der Waals surface area contributed by atoms with E-state index in [1.807, 2.05) is 0 Å². The van der Waals surface area contributed by atoms with Gasteiger partial charge in [0.1, 0.15) is 11.6 Å². The zero-order valence-corrected chi connectivity index (χ0v) is 8.87. The highest BCUT2D eigenvalue weighted by Crippen LogP contribution is 2.22. The minimum Gasteiger partial charge on any atom is -0.453 e. The first-order chi connectivity index (χ1) is 7.70. The van der Waals surface area contributed by atoms with Crippen molar-refractivity contribution in [2.75, 3.05) is 0 Å². The molecule has 82 valence electrons. The molecule has 0 amide bonds. The van der Waals surface area contributed by atoms with E-state index in [0.717, 1.165) is 5.56 Å². The monoisotopic (exact) mass is 218 g/mol. The number of hydrogen-bond acceptors (Lipinski definition) is 2. The van der Waals surface area contributed by atoms with Crippen LogP contribution in [0.5, 0.6) is 0 Å². The standard InChI is InChI=1S/C13H11FO2/c1-2-11(15)13-8-7-12(16-13)9-3-5-10(14)6-4-9/h3-8H,2H2,1H3. The summed E-state index contributed by atoms with van der Waals surface area (Å²) < 4.78 is 18.1. The Morgan fingerprint density at radius 3 is 2.50 bits per heavy atom. The van der Waals surface area contributed by atoms with Gasteiger partial charge in [0.15, 0.2) is 11.5 Å². The Balaban J connectivity index is 2.31. The second-order valence-corrected chi connectivity index (χ2v) is 3.45. The van der Waals surface area contributed by atoms with E-state index in [1.165, 1.54) is 12.1 Å². The molecule has 0 aliphatic rings. The molecule has 16 heavy (non-hydrogen) atoms.